The van der Waals surface area contributed by atoms with Crippen molar-refractivity contribution in [1.29, 1.82) is 0 Å². The second kappa shape index (κ2) is 3.68. The molecule has 2 aliphatic heterocycles. The lowest BCUT2D eigenvalue weighted by atomic mass is 9.82. The molecule has 1 spiro atoms. The monoisotopic (exact) mass is 245 g/mol. The average Bonchev–Trinajstić information content (AvgIpc) is 3.05. The molecule has 4 nitrogen and oxygen atoms in total. The van der Waals surface area contributed by atoms with E-state index in [0.29, 0.717) is 13.1 Å². The summed E-state index contributed by atoms with van der Waals surface area (Å²) < 4.78 is 31.5. The number of nitrogens with zero attached hydrogens (tertiary/aromatic N) is 1. The zero-order valence-electron chi connectivity index (χ0n) is 9.52. The first-order valence-corrected chi connectivity index (χ1v) is 7.70. The summed E-state index contributed by atoms with van der Waals surface area (Å²) in [6.45, 7) is 3.01. The number of rotatable bonds is 2. The predicted molar refractivity (Wildman–Crippen MR) is 60.6 cm³/mol. The number of hydrogen-bond donors (Lipinski definition) is 0. The highest BCUT2D eigenvalue weighted by Crippen LogP contribution is 2.41. The molecule has 1 aliphatic carbocycles. The molecule has 0 aromatic rings. The Hall–Kier alpha value is -0.130. The predicted octanol–water partition coefficient (Wildman–Crippen LogP) is 0.981. The molecule has 0 unspecified atom stereocenters. The average molecular weight is 245 g/mol. The molecule has 0 aromatic carbocycles. The summed E-state index contributed by atoms with van der Waals surface area (Å²) in [6.07, 6.45) is 4.92. The molecule has 16 heavy (non-hydrogen) atoms. The van der Waals surface area contributed by atoms with E-state index in [1.807, 2.05) is 0 Å². The van der Waals surface area contributed by atoms with E-state index >= 15 is 0 Å². The van der Waals surface area contributed by atoms with Gasteiger partial charge in [-0.05, 0) is 32.1 Å². The summed E-state index contributed by atoms with van der Waals surface area (Å²) in [7, 11) is -2.96. The summed E-state index contributed by atoms with van der Waals surface area (Å²) in [5, 5.41) is -0.0628. The van der Waals surface area contributed by atoms with Crippen molar-refractivity contribution in [2.45, 2.75) is 37.4 Å². The molecule has 3 aliphatic rings. The van der Waals surface area contributed by atoms with Crippen LogP contribution in [0.25, 0.3) is 0 Å². The first kappa shape index (κ1) is 11.0. The van der Waals surface area contributed by atoms with Gasteiger partial charge in [0.05, 0.1) is 11.9 Å². The van der Waals surface area contributed by atoms with Crippen molar-refractivity contribution in [3.63, 3.8) is 0 Å². The van der Waals surface area contributed by atoms with Gasteiger partial charge in [0.15, 0.2) is 0 Å². The van der Waals surface area contributed by atoms with Crippen LogP contribution in [0.3, 0.4) is 0 Å². The van der Waals surface area contributed by atoms with E-state index in [4.69, 9.17) is 4.74 Å². The summed E-state index contributed by atoms with van der Waals surface area (Å²) in [4.78, 5) is 0. The smallest absolute Gasteiger partial charge is 0.217 e. The zero-order chi connectivity index (χ0) is 11.2. The van der Waals surface area contributed by atoms with E-state index in [1.54, 1.807) is 4.31 Å². The maximum absolute atomic E-state index is 12.1. The van der Waals surface area contributed by atoms with Crippen molar-refractivity contribution >= 4 is 10.0 Å². The first-order chi connectivity index (χ1) is 7.62. The molecule has 5 heteroatoms. The van der Waals surface area contributed by atoms with Gasteiger partial charge in [-0.25, -0.2) is 12.7 Å². The zero-order valence-corrected chi connectivity index (χ0v) is 10.3. The quantitative estimate of drug-likeness (QED) is 0.728. The second-order valence-electron chi connectivity index (χ2n) is 5.48. The third-order valence-corrected chi connectivity index (χ3v) is 6.46. The summed E-state index contributed by atoms with van der Waals surface area (Å²) >= 11 is 0. The summed E-state index contributed by atoms with van der Waals surface area (Å²) in [5.41, 5.74) is 0.139. The number of ether oxygens (including phenoxy) is 1. The van der Waals surface area contributed by atoms with Crippen molar-refractivity contribution in [3.05, 3.63) is 0 Å². The molecule has 2 heterocycles. The Morgan fingerprint density at radius 2 is 2.06 bits per heavy atom. The van der Waals surface area contributed by atoms with E-state index < -0.39 is 10.0 Å². The van der Waals surface area contributed by atoms with Gasteiger partial charge in [0.1, 0.15) is 0 Å². The van der Waals surface area contributed by atoms with Crippen LogP contribution in [-0.2, 0) is 14.8 Å². The first-order valence-electron chi connectivity index (χ1n) is 6.19. The molecular weight excluding hydrogens is 226 g/mol. The van der Waals surface area contributed by atoms with Crippen LogP contribution < -0.4 is 0 Å². The van der Waals surface area contributed by atoms with Gasteiger partial charge >= 0.3 is 0 Å². The molecule has 2 saturated heterocycles. The molecule has 0 bridgehead atoms. The van der Waals surface area contributed by atoms with E-state index in [2.05, 4.69) is 0 Å². The van der Waals surface area contributed by atoms with Crippen molar-refractivity contribution in [2.75, 3.05) is 26.3 Å². The highest BCUT2D eigenvalue weighted by Gasteiger charge is 2.48. The Balaban J connectivity index is 1.72. The van der Waals surface area contributed by atoms with Crippen LogP contribution in [-0.4, -0.2) is 44.3 Å². The van der Waals surface area contributed by atoms with E-state index in [0.717, 1.165) is 45.3 Å². The Kier molecular flexibility index (Phi) is 2.53. The molecule has 3 fully saturated rings. The third kappa shape index (κ3) is 1.79. The van der Waals surface area contributed by atoms with Crippen molar-refractivity contribution < 1.29 is 13.2 Å². The lowest BCUT2D eigenvalue weighted by Gasteiger charge is -2.32. The van der Waals surface area contributed by atoms with Crippen LogP contribution in [0.15, 0.2) is 0 Å². The maximum atomic E-state index is 12.1. The fourth-order valence-electron chi connectivity index (χ4n) is 2.92. The Morgan fingerprint density at radius 3 is 2.69 bits per heavy atom. The number of hydrogen-bond acceptors (Lipinski definition) is 3. The Labute approximate surface area is 97.0 Å². The van der Waals surface area contributed by atoms with Crippen LogP contribution in [0.4, 0.5) is 0 Å². The highest BCUT2D eigenvalue weighted by atomic mass is 32.2. The van der Waals surface area contributed by atoms with Gasteiger partial charge in [-0.3, -0.25) is 0 Å². The Morgan fingerprint density at radius 1 is 1.25 bits per heavy atom. The molecule has 0 N–H and O–H groups in total. The summed E-state index contributed by atoms with van der Waals surface area (Å²) in [5.74, 6) is 0. The minimum absolute atomic E-state index is 0.0628. The van der Waals surface area contributed by atoms with Crippen molar-refractivity contribution in [2.24, 2.45) is 5.41 Å². The van der Waals surface area contributed by atoms with Crippen LogP contribution in [0.5, 0.6) is 0 Å². The number of sulfonamides is 1. The minimum Gasteiger partial charge on any atom is -0.381 e. The standard InChI is InChI=1S/C11H19NO3S/c13-16(14,10-2-3-10)12-6-5-11(8-12)4-1-7-15-9-11/h10H,1-9H2/t11-/m1/s1. The fraction of sp³-hybridized carbons (Fsp3) is 1.00. The van der Waals surface area contributed by atoms with Gasteiger partial charge in [-0.15, -0.1) is 0 Å². The fourth-order valence-corrected chi connectivity index (χ4v) is 4.87. The van der Waals surface area contributed by atoms with Crippen molar-refractivity contribution in [1.82, 2.24) is 4.31 Å². The lowest BCUT2D eigenvalue weighted by Crippen LogP contribution is -2.38. The highest BCUT2D eigenvalue weighted by molar-refractivity contribution is 7.90. The van der Waals surface area contributed by atoms with Crippen LogP contribution >= 0.6 is 0 Å². The maximum Gasteiger partial charge on any atom is 0.217 e. The molecule has 0 radical (unpaired) electrons. The third-order valence-electron chi connectivity index (χ3n) is 4.11. The van der Waals surface area contributed by atoms with Gasteiger partial charge in [-0.2, -0.15) is 0 Å². The molecule has 1 saturated carbocycles. The molecule has 3 rings (SSSR count). The van der Waals surface area contributed by atoms with Gasteiger partial charge in [0.25, 0.3) is 0 Å². The second-order valence-corrected chi connectivity index (χ2v) is 7.70. The SMILES string of the molecule is O=S(=O)(C1CC1)N1CC[C@]2(CCCOC2)C1. The molecular formula is C11H19NO3S. The van der Waals surface area contributed by atoms with Crippen LogP contribution in [0, 0.1) is 5.41 Å². The molecule has 1 atom stereocenters. The van der Waals surface area contributed by atoms with E-state index in [1.165, 1.54) is 0 Å². The normalized spacial score (nSPS) is 37.0. The topological polar surface area (TPSA) is 46.6 Å². The summed E-state index contributed by atoms with van der Waals surface area (Å²) in [6, 6.07) is 0. The molecule has 0 amide bonds. The van der Waals surface area contributed by atoms with Crippen LogP contribution in [0.2, 0.25) is 0 Å². The van der Waals surface area contributed by atoms with Gasteiger partial charge in [0.2, 0.25) is 10.0 Å². The minimum atomic E-state index is -2.96. The molecule has 0 aromatic heterocycles. The van der Waals surface area contributed by atoms with Gasteiger partial charge < -0.3 is 4.74 Å². The van der Waals surface area contributed by atoms with Crippen molar-refractivity contribution in [3.8, 4) is 0 Å². The van der Waals surface area contributed by atoms with E-state index in [9.17, 15) is 8.42 Å². The largest absolute Gasteiger partial charge is 0.381 e. The molecule has 92 valence electrons. The van der Waals surface area contributed by atoms with Gasteiger partial charge in [-0.1, -0.05) is 0 Å². The van der Waals surface area contributed by atoms with Gasteiger partial charge in [0, 0.05) is 25.1 Å². The Bertz CT molecular complexity index is 369. The van der Waals surface area contributed by atoms with E-state index in [-0.39, 0.29) is 10.7 Å². The lowest BCUT2D eigenvalue weighted by molar-refractivity contribution is 0.000894. The van der Waals surface area contributed by atoms with Crippen LogP contribution in [0.1, 0.15) is 32.1 Å².